The number of hydrogen-bond acceptors (Lipinski definition) is 3. The lowest BCUT2D eigenvalue weighted by Gasteiger charge is -2.21. The van der Waals surface area contributed by atoms with E-state index in [2.05, 4.69) is 10.3 Å². The molecule has 0 radical (unpaired) electrons. The highest BCUT2D eigenvalue weighted by Gasteiger charge is 2.41. The number of alkyl halides is 3. The van der Waals surface area contributed by atoms with Crippen molar-refractivity contribution < 1.29 is 17.9 Å². The summed E-state index contributed by atoms with van der Waals surface area (Å²) in [6.45, 7) is 0.664. The van der Waals surface area contributed by atoms with Crippen molar-refractivity contribution in [2.24, 2.45) is 5.92 Å². The van der Waals surface area contributed by atoms with Crippen LogP contribution in [-0.2, 0) is 10.9 Å². The molecule has 2 atom stereocenters. The Kier molecular flexibility index (Phi) is 3.54. The summed E-state index contributed by atoms with van der Waals surface area (Å²) in [7, 11) is 0. The van der Waals surface area contributed by atoms with Crippen LogP contribution in [0.4, 0.5) is 19.0 Å². The maximum atomic E-state index is 12.5. The van der Waals surface area contributed by atoms with Crippen LogP contribution in [0.2, 0.25) is 5.02 Å². The van der Waals surface area contributed by atoms with Gasteiger partial charge in [0.2, 0.25) is 0 Å². The number of nitrogens with one attached hydrogen (secondary N) is 1. The lowest BCUT2D eigenvalue weighted by molar-refractivity contribution is -0.137. The van der Waals surface area contributed by atoms with Gasteiger partial charge in [-0.05, 0) is 31.2 Å². The minimum atomic E-state index is -4.43. The molecule has 1 aromatic rings. The van der Waals surface area contributed by atoms with Crippen LogP contribution in [0.25, 0.3) is 0 Å². The quantitative estimate of drug-likeness (QED) is 0.924. The molecule has 1 aromatic heterocycles. The van der Waals surface area contributed by atoms with E-state index in [1.165, 1.54) is 0 Å². The van der Waals surface area contributed by atoms with Crippen molar-refractivity contribution >= 4 is 17.4 Å². The van der Waals surface area contributed by atoms with Gasteiger partial charge in [-0.25, -0.2) is 4.98 Å². The summed E-state index contributed by atoms with van der Waals surface area (Å²) in [6.07, 6.45) is -0.387. The third kappa shape index (κ3) is 2.86. The zero-order valence-electron chi connectivity index (χ0n) is 10.6. The van der Waals surface area contributed by atoms with Crippen LogP contribution in [0.1, 0.15) is 24.8 Å². The maximum absolute atomic E-state index is 12.5. The smallest absolute Gasteiger partial charge is 0.376 e. The molecule has 2 heterocycles. The third-order valence-corrected chi connectivity index (χ3v) is 4.00. The fourth-order valence-electron chi connectivity index (χ4n) is 2.53. The Morgan fingerprint density at radius 2 is 2.05 bits per heavy atom. The molecule has 0 amide bonds. The number of ether oxygens (including phenoxy) is 1. The Hall–Kier alpha value is -1.01. The lowest BCUT2D eigenvalue weighted by Crippen LogP contribution is -2.31. The second kappa shape index (κ2) is 5.07. The van der Waals surface area contributed by atoms with Gasteiger partial charge in [0.25, 0.3) is 0 Å². The summed E-state index contributed by atoms with van der Waals surface area (Å²) >= 11 is 5.89. The van der Waals surface area contributed by atoms with E-state index in [1.807, 2.05) is 0 Å². The molecule has 3 rings (SSSR count). The minimum absolute atomic E-state index is 0.0127. The summed E-state index contributed by atoms with van der Waals surface area (Å²) in [5, 5.41) is 3.11. The normalized spacial score (nSPS) is 26.8. The number of halogens is 4. The zero-order valence-corrected chi connectivity index (χ0v) is 11.3. The maximum Gasteiger partial charge on any atom is 0.417 e. The third-order valence-electron chi connectivity index (χ3n) is 3.71. The Morgan fingerprint density at radius 1 is 1.30 bits per heavy atom. The van der Waals surface area contributed by atoms with Crippen molar-refractivity contribution in [2.75, 3.05) is 11.9 Å². The monoisotopic (exact) mass is 306 g/mol. The van der Waals surface area contributed by atoms with E-state index < -0.39 is 11.7 Å². The van der Waals surface area contributed by atoms with Gasteiger partial charge in [-0.3, -0.25) is 0 Å². The Labute approximate surface area is 119 Å². The molecule has 1 aliphatic heterocycles. The van der Waals surface area contributed by atoms with Crippen molar-refractivity contribution in [1.82, 2.24) is 4.98 Å². The predicted octanol–water partition coefficient (Wildman–Crippen LogP) is 3.73. The molecule has 1 saturated heterocycles. The van der Waals surface area contributed by atoms with Gasteiger partial charge in [0, 0.05) is 12.8 Å². The Bertz CT molecular complexity index is 505. The van der Waals surface area contributed by atoms with E-state index >= 15 is 0 Å². The molecule has 1 aliphatic carbocycles. The van der Waals surface area contributed by atoms with E-state index in [1.54, 1.807) is 0 Å². The molecular weight excluding hydrogens is 293 g/mol. The second-order valence-electron chi connectivity index (χ2n) is 5.26. The first-order chi connectivity index (χ1) is 9.45. The van der Waals surface area contributed by atoms with Gasteiger partial charge < -0.3 is 10.1 Å². The van der Waals surface area contributed by atoms with Gasteiger partial charge in [-0.2, -0.15) is 13.2 Å². The van der Waals surface area contributed by atoms with Crippen LogP contribution in [0, 0.1) is 5.92 Å². The standard InChI is InChI=1S/C13H14ClF3N2O/c14-9-5-8(13(15,16)17)6-18-12(9)19-10-3-4-20-11(10)7-1-2-7/h5-7,10-11H,1-4H2,(H,18,19). The van der Waals surface area contributed by atoms with E-state index in [9.17, 15) is 13.2 Å². The fourth-order valence-corrected chi connectivity index (χ4v) is 2.75. The molecule has 3 nitrogen and oxygen atoms in total. The average Bonchev–Trinajstić information content (AvgIpc) is 3.11. The van der Waals surface area contributed by atoms with E-state index in [0.717, 1.165) is 31.5 Å². The van der Waals surface area contributed by atoms with Crippen LogP contribution in [0.3, 0.4) is 0 Å². The summed E-state index contributed by atoms with van der Waals surface area (Å²) in [4.78, 5) is 3.80. The second-order valence-corrected chi connectivity index (χ2v) is 5.67. The van der Waals surface area contributed by atoms with Crippen LogP contribution in [0.5, 0.6) is 0 Å². The molecule has 0 aromatic carbocycles. The molecule has 2 unspecified atom stereocenters. The number of rotatable bonds is 3. The van der Waals surface area contributed by atoms with E-state index in [-0.39, 0.29) is 17.2 Å². The van der Waals surface area contributed by atoms with Crippen LogP contribution in [0.15, 0.2) is 12.3 Å². The molecule has 110 valence electrons. The summed E-state index contributed by atoms with van der Waals surface area (Å²) in [5.41, 5.74) is -0.838. The number of aromatic nitrogens is 1. The van der Waals surface area contributed by atoms with E-state index in [4.69, 9.17) is 16.3 Å². The Balaban J connectivity index is 1.74. The van der Waals surface area contributed by atoms with E-state index in [0.29, 0.717) is 18.3 Å². The number of anilines is 1. The van der Waals surface area contributed by atoms with Gasteiger partial charge in [0.1, 0.15) is 5.82 Å². The molecule has 0 bridgehead atoms. The van der Waals surface area contributed by atoms with Crippen LogP contribution < -0.4 is 5.32 Å². The Morgan fingerprint density at radius 3 is 2.65 bits per heavy atom. The molecular formula is C13H14ClF3N2O. The first-order valence-electron chi connectivity index (χ1n) is 6.56. The van der Waals surface area contributed by atoms with Crippen molar-refractivity contribution in [1.29, 1.82) is 0 Å². The fraction of sp³-hybridized carbons (Fsp3) is 0.615. The molecule has 7 heteroatoms. The highest BCUT2D eigenvalue weighted by Crippen LogP contribution is 2.40. The van der Waals surface area contributed by atoms with Gasteiger partial charge >= 0.3 is 6.18 Å². The average molecular weight is 307 g/mol. The number of nitrogens with zero attached hydrogens (tertiary/aromatic N) is 1. The predicted molar refractivity (Wildman–Crippen MR) is 68.7 cm³/mol. The van der Waals surface area contributed by atoms with Gasteiger partial charge in [-0.15, -0.1) is 0 Å². The highest BCUT2D eigenvalue weighted by atomic mass is 35.5. The summed E-state index contributed by atoms with van der Waals surface area (Å²) in [5.74, 6) is 0.851. The van der Waals surface area contributed by atoms with Gasteiger partial charge in [0.15, 0.2) is 0 Å². The minimum Gasteiger partial charge on any atom is -0.376 e. The summed E-state index contributed by atoms with van der Waals surface area (Å²) < 4.78 is 43.3. The van der Waals surface area contributed by atoms with Crippen molar-refractivity contribution in [2.45, 2.75) is 37.6 Å². The highest BCUT2D eigenvalue weighted by molar-refractivity contribution is 6.33. The summed E-state index contributed by atoms with van der Waals surface area (Å²) in [6, 6.07) is 0.975. The van der Waals surface area contributed by atoms with Crippen molar-refractivity contribution in [3.05, 3.63) is 22.8 Å². The van der Waals surface area contributed by atoms with Crippen LogP contribution >= 0.6 is 11.6 Å². The van der Waals surface area contributed by atoms with Crippen molar-refractivity contribution in [3.63, 3.8) is 0 Å². The number of pyridine rings is 1. The number of hydrogen-bond donors (Lipinski definition) is 1. The van der Waals surface area contributed by atoms with Crippen molar-refractivity contribution in [3.8, 4) is 0 Å². The first kappa shape index (κ1) is 13.9. The molecule has 2 aliphatic rings. The molecule has 0 spiro atoms. The molecule has 20 heavy (non-hydrogen) atoms. The molecule has 2 fully saturated rings. The van der Waals surface area contributed by atoms with Gasteiger partial charge in [0.05, 0.1) is 22.7 Å². The lowest BCUT2D eigenvalue weighted by atomic mass is 10.1. The van der Waals surface area contributed by atoms with Crippen LogP contribution in [-0.4, -0.2) is 23.7 Å². The molecule has 1 saturated carbocycles. The zero-order chi connectivity index (χ0) is 14.3. The van der Waals surface area contributed by atoms with Gasteiger partial charge in [-0.1, -0.05) is 11.6 Å². The first-order valence-corrected chi connectivity index (χ1v) is 6.94. The SMILES string of the molecule is FC(F)(F)c1cnc(NC2CCOC2C2CC2)c(Cl)c1. The largest absolute Gasteiger partial charge is 0.417 e. The molecule has 1 N–H and O–H groups in total. The topological polar surface area (TPSA) is 34.2 Å².